The van der Waals surface area contributed by atoms with E-state index >= 15 is 0 Å². The highest BCUT2D eigenvalue weighted by molar-refractivity contribution is 6.32. The number of halogens is 1. The molecule has 1 N–H and O–H groups in total. The average Bonchev–Trinajstić information content (AvgIpc) is 3.10. The van der Waals surface area contributed by atoms with Crippen LogP contribution in [0.1, 0.15) is 5.82 Å². The summed E-state index contributed by atoms with van der Waals surface area (Å²) in [6.45, 7) is 0.754. The molecule has 6 heteroatoms. The molecule has 0 radical (unpaired) electrons. The predicted molar refractivity (Wildman–Crippen MR) is 113 cm³/mol. The summed E-state index contributed by atoms with van der Waals surface area (Å²) in [5, 5.41) is 11.1. The van der Waals surface area contributed by atoms with Crippen LogP contribution in [0.4, 0.5) is 0 Å². The molecule has 1 aromatic heterocycles. The topological polar surface area (TPSA) is 56.5 Å². The summed E-state index contributed by atoms with van der Waals surface area (Å²) in [5.74, 6) is 2.07. The fourth-order valence-corrected chi connectivity index (χ4v) is 3.31. The van der Waals surface area contributed by atoms with E-state index in [2.05, 4.69) is 4.98 Å². The molecule has 0 bridgehead atoms. The second-order valence-electron chi connectivity index (χ2n) is 6.62. The summed E-state index contributed by atoms with van der Waals surface area (Å²) < 4.78 is 13.5. The van der Waals surface area contributed by atoms with Gasteiger partial charge >= 0.3 is 0 Å². The lowest BCUT2D eigenvalue weighted by Gasteiger charge is -2.16. The molecule has 0 aliphatic heterocycles. The molecule has 148 valence electrons. The average molecular weight is 409 g/mol. The third-order valence-electron chi connectivity index (χ3n) is 4.51. The SMILES string of the molecule is OC(COc1ccccc1Cl)Cn1c(COc2ccccc2)nc2ccccc21. The first-order chi connectivity index (χ1) is 14.2. The quantitative estimate of drug-likeness (QED) is 0.458. The third kappa shape index (κ3) is 4.70. The molecule has 4 rings (SSSR count). The van der Waals surface area contributed by atoms with Gasteiger partial charge in [0.1, 0.15) is 36.6 Å². The van der Waals surface area contributed by atoms with E-state index in [1.54, 1.807) is 12.1 Å². The Labute approximate surface area is 174 Å². The van der Waals surface area contributed by atoms with Crippen molar-refractivity contribution < 1.29 is 14.6 Å². The highest BCUT2D eigenvalue weighted by atomic mass is 35.5. The monoisotopic (exact) mass is 408 g/mol. The molecule has 0 fully saturated rings. The van der Waals surface area contributed by atoms with Gasteiger partial charge in [0.2, 0.25) is 0 Å². The molecule has 0 saturated heterocycles. The van der Waals surface area contributed by atoms with Crippen LogP contribution in [0.5, 0.6) is 11.5 Å². The van der Waals surface area contributed by atoms with Gasteiger partial charge in [0.15, 0.2) is 0 Å². The third-order valence-corrected chi connectivity index (χ3v) is 4.82. The Morgan fingerprint density at radius 2 is 1.62 bits per heavy atom. The molecule has 0 spiro atoms. The smallest absolute Gasteiger partial charge is 0.148 e. The zero-order valence-electron chi connectivity index (χ0n) is 15.7. The summed E-state index contributed by atoms with van der Waals surface area (Å²) in [6, 6.07) is 24.6. The summed E-state index contributed by atoms with van der Waals surface area (Å²) in [7, 11) is 0. The molecule has 5 nitrogen and oxygen atoms in total. The number of aliphatic hydroxyl groups excluding tert-OH is 1. The van der Waals surface area contributed by atoms with Gasteiger partial charge in [-0.2, -0.15) is 0 Å². The number of nitrogens with zero attached hydrogens (tertiary/aromatic N) is 2. The second kappa shape index (κ2) is 8.99. The lowest BCUT2D eigenvalue weighted by Crippen LogP contribution is -2.25. The van der Waals surface area contributed by atoms with E-state index < -0.39 is 6.10 Å². The van der Waals surface area contributed by atoms with Gasteiger partial charge in [-0.1, -0.05) is 54.1 Å². The molecule has 0 saturated carbocycles. The number of benzene rings is 3. The van der Waals surface area contributed by atoms with E-state index in [0.717, 1.165) is 22.6 Å². The van der Waals surface area contributed by atoms with Gasteiger partial charge in [0, 0.05) is 0 Å². The zero-order valence-corrected chi connectivity index (χ0v) is 16.5. The van der Waals surface area contributed by atoms with Crippen LogP contribution in [0.25, 0.3) is 11.0 Å². The first-order valence-electron chi connectivity index (χ1n) is 9.38. The molecule has 4 aromatic rings. The minimum Gasteiger partial charge on any atom is -0.489 e. The van der Waals surface area contributed by atoms with Gasteiger partial charge < -0.3 is 19.1 Å². The van der Waals surface area contributed by atoms with Crippen LogP contribution in [0.2, 0.25) is 5.02 Å². The number of ether oxygens (including phenoxy) is 2. The van der Waals surface area contributed by atoms with Crippen LogP contribution in [0.15, 0.2) is 78.9 Å². The van der Waals surface area contributed by atoms with Crippen LogP contribution in [-0.4, -0.2) is 27.4 Å². The molecule has 29 heavy (non-hydrogen) atoms. The summed E-state index contributed by atoms with van der Waals surface area (Å²) in [4.78, 5) is 4.68. The van der Waals surface area contributed by atoms with Crippen molar-refractivity contribution >= 4 is 22.6 Å². The number of rotatable bonds is 8. The fourth-order valence-electron chi connectivity index (χ4n) is 3.12. The zero-order chi connectivity index (χ0) is 20.1. The van der Waals surface area contributed by atoms with Crippen LogP contribution in [0.3, 0.4) is 0 Å². The minimum atomic E-state index is -0.737. The Morgan fingerprint density at radius 3 is 2.45 bits per heavy atom. The molecule has 1 unspecified atom stereocenters. The van der Waals surface area contributed by atoms with E-state index in [1.807, 2.05) is 71.3 Å². The molecule has 3 aromatic carbocycles. The van der Waals surface area contributed by atoms with Crippen molar-refractivity contribution in [2.45, 2.75) is 19.3 Å². The highest BCUT2D eigenvalue weighted by Crippen LogP contribution is 2.24. The lowest BCUT2D eigenvalue weighted by atomic mass is 10.3. The predicted octanol–water partition coefficient (Wildman–Crippen LogP) is 4.71. The number of hydrogen-bond donors (Lipinski definition) is 1. The number of imidazole rings is 1. The van der Waals surface area contributed by atoms with Gasteiger partial charge in [0.25, 0.3) is 0 Å². The Balaban J connectivity index is 1.49. The summed E-state index contributed by atoms with van der Waals surface area (Å²) in [5.41, 5.74) is 1.80. The van der Waals surface area contributed by atoms with Crippen molar-refractivity contribution in [3.05, 3.63) is 89.7 Å². The Bertz CT molecular complexity index is 1080. The van der Waals surface area contributed by atoms with Gasteiger partial charge in [0.05, 0.1) is 22.6 Å². The Kier molecular flexibility index (Phi) is 5.98. The van der Waals surface area contributed by atoms with Crippen molar-refractivity contribution in [3.8, 4) is 11.5 Å². The highest BCUT2D eigenvalue weighted by Gasteiger charge is 2.16. The number of para-hydroxylation sites is 4. The molecule has 0 aliphatic carbocycles. The molecule has 1 atom stereocenters. The van der Waals surface area contributed by atoms with Crippen molar-refractivity contribution in [1.82, 2.24) is 9.55 Å². The Hall–Kier alpha value is -3.02. The largest absolute Gasteiger partial charge is 0.489 e. The number of aliphatic hydroxyl groups is 1. The standard InChI is InChI=1S/C23H21ClN2O3/c24-19-10-4-7-13-22(19)29-15-17(27)14-26-21-12-6-5-11-20(21)25-23(26)16-28-18-8-2-1-3-9-18/h1-13,17,27H,14-16H2. The first-order valence-corrected chi connectivity index (χ1v) is 9.76. The number of fused-ring (bicyclic) bond motifs is 1. The van der Waals surface area contributed by atoms with Crippen LogP contribution in [-0.2, 0) is 13.2 Å². The molecular formula is C23H21ClN2O3. The minimum absolute atomic E-state index is 0.120. The normalized spacial score (nSPS) is 12.1. The van der Waals surface area contributed by atoms with Crippen molar-refractivity contribution in [3.63, 3.8) is 0 Å². The molecular weight excluding hydrogens is 388 g/mol. The summed E-state index contributed by atoms with van der Waals surface area (Å²) in [6.07, 6.45) is -0.737. The van der Waals surface area contributed by atoms with Crippen LogP contribution in [0, 0.1) is 0 Å². The van der Waals surface area contributed by atoms with Crippen molar-refractivity contribution in [2.24, 2.45) is 0 Å². The van der Waals surface area contributed by atoms with E-state index in [4.69, 9.17) is 21.1 Å². The van der Waals surface area contributed by atoms with E-state index in [1.165, 1.54) is 0 Å². The van der Waals surface area contributed by atoms with E-state index in [9.17, 15) is 5.11 Å². The van der Waals surface area contributed by atoms with E-state index in [0.29, 0.717) is 23.9 Å². The van der Waals surface area contributed by atoms with Crippen LogP contribution < -0.4 is 9.47 Å². The first kappa shape index (κ1) is 19.3. The van der Waals surface area contributed by atoms with E-state index in [-0.39, 0.29) is 6.61 Å². The summed E-state index contributed by atoms with van der Waals surface area (Å²) >= 11 is 6.11. The number of aromatic nitrogens is 2. The Morgan fingerprint density at radius 1 is 0.897 bits per heavy atom. The second-order valence-corrected chi connectivity index (χ2v) is 7.03. The maximum atomic E-state index is 10.6. The van der Waals surface area contributed by atoms with Gasteiger partial charge in [-0.15, -0.1) is 0 Å². The van der Waals surface area contributed by atoms with Gasteiger partial charge in [-0.05, 0) is 36.4 Å². The van der Waals surface area contributed by atoms with Gasteiger partial charge in [-0.25, -0.2) is 4.98 Å². The molecule has 0 amide bonds. The molecule has 0 aliphatic rings. The lowest BCUT2D eigenvalue weighted by molar-refractivity contribution is 0.0918. The maximum Gasteiger partial charge on any atom is 0.148 e. The number of hydrogen-bond acceptors (Lipinski definition) is 4. The maximum absolute atomic E-state index is 10.6. The van der Waals surface area contributed by atoms with Crippen LogP contribution >= 0.6 is 11.6 Å². The molecule has 1 heterocycles. The fraction of sp³-hybridized carbons (Fsp3) is 0.174. The van der Waals surface area contributed by atoms with Gasteiger partial charge in [-0.3, -0.25) is 0 Å². The van der Waals surface area contributed by atoms with Crippen molar-refractivity contribution in [1.29, 1.82) is 0 Å². The van der Waals surface area contributed by atoms with Crippen molar-refractivity contribution in [2.75, 3.05) is 6.61 Å².